The van der Waals surface area contributed by atoms with Crippen LogP contribution in [0.5, 0.6) is 0 Å². The third-order valence-corrected chi connectivity index (χ3v) is 10.4. The second kappa shape index (κ2) is 14.9. The fourth-order valence-electron chi connectivity index (χ4n) is 5.69. The van der Waals surface area contributed by atoms with E-state index in [0.717, 1.165) is 12.0 Å². The molecule has 1 aliphatic rings. The number of esters is 1. The predicted octanol–water partition coefficient (Wildman–Crippen LogP) is 7.43. The molecule has 3 rings (SSSR count). The first kappa shape index (κ1) is 40.1. The summed E-state index contributed by atoms with van der Waals surface area (Å²) in [5.74, 6) is -2.46. The molecule has 49 heavy (non-hydrogen) atoms. The van der Waals surface area contributed by atoms with Gasteiger partial charge in [-0.25, -0.2) is 14.0 Å². The highest BCUT2D eigenvalue weighted by molar-refractivity contribution is 7.90. The van der Waals surface area contributed by atoms with E-state index < -0.39 is 86.4 Å². The Hall–Kier alpha value is -3.37. The smallest absolute Gasteiger partial charge is 0.416 e. The van der Waals surface area contributed by atoms with E-state index in [2.05, 4.69) is 9.46 Å². The van der Waals surface area contributed by atoms with Crippen molar-refractivity contribution in [3.8, 4) is 0 Å². The van der Waals surface area contributed by atoms with E-state index in [1.807, 2.05) is 0 Å². The molecule has 1 unspecified atom stereocenters. The summed E-state index contributed by atoms with van der Waals surface area (Å²) in [6.07, 6.45) is -10.4. The van der Waals surface area contributed by atoms with E-state index in [1.54, 1.807) is 27.7 Å². The number of methoxy groups -OCH3 is 1. The van der Waals surface area contributed by atoms with Crippen LogP contribution in [0.4, 0.5) is 35.5 Å². The zero-order chi connectivity index (χ0) is 37.3. The lowest BCUT2D eigenvalue weighted by Crippen LogP contribution is -2.60. The Bertz CT molecular complexity index is 1510. The van der Waals surface area contributed by atoms with Gasteiger partial charge in [0.05, 0.1) is 35.9 Å². The van der Waals surface area contributed by atoms with E-state index >= 15 is 0 Å². The van der Waals surface area contributed by atoms with Crippen molar-refractivity contribution in [2.24, 2.45) is 0 Å². The van der Waals surface area contributed by atoms with Gasteiger partial charge < -0.3 is 19.1 Å². The molecular weight excluding hydrogens is 683 g/mol. The van der Waals surface area contributed by atoms with E-state index in [9.17, 15) is 49.7 Å². The van der Waals surface area contributed by atoms with Crippen molar-refractivity contribution >= 4 is 29.1 Å². The number of amides is 2. The number of Topliss-reactive ketones (excluding diaryl/α,β-unsaturated/α-hetero) is 1. The van der Waals surface area contributed by atoms with Crippen LogP contribution in [0.2, 0.25) is 0 Å². The van der Waals surface area contributed by atoms with Crippen LogP contribution in [0.3, 0.4) is 0 Å². The molecule has 0 aliphatic carbocycles. The molecule has 1 N–H and O–H groups in total. The van der Waals surface area contributed by atoms with Gasteiger partial charge in [-0.1, -0.05) is 6.07 Å². The van der Waals surface area contributed by atoms with Crippen molar-refractivity contribution in [3.05, 3.63) is 70.0 Å². The Kier molecular flexibility index (Phi) is 12.1. The van der Waals surface area contributed by atoms with Gasteiger partial charge in [0.15, 0.2) is 0 Å². The minimum absolute atomic E-state index is 0.00176. The Morgan fingerprint density at radius 3 is 2.12 bits per heavy atom. The van der Waals surface area contributed by atoms with Crippen molar-refractivity contribution in [2.45, 2.75) is 95.0 Å². The number of carbonyl (C=O) groups is 3. The number of hydrogen-bond donors (Lipinski definition) is 1. The quantitative estimate of drug-likeness (QED) is 0.125. The number of benzene rings is 2. The highest BCUT2D eigenvalue weighted by atomic mass is 32.2. The van der Waals surface area contributed by atoms with E-state index in [0.29, 0.717) is 23.3 Å². The Morgan fingerprint density at radius 1 is 1.06 bits per heavy atom. The van der Waals surface area contributed by atoms with Crippen LogP contribution in [0.1, 0.15) is 93.3 Å². The molecule has 0 aromatic heterocycles. The molecule has 16 heteroatoms. The molecule has 2 aromatic rings. The zero-order valence-corrected chi connectivity index (χ0v) is 29.0. The minimum atomic E-state index is -5.09. The average Bonchev–Trinajstić information content (AvgIpc) is 3.00. The maximum absolute atomic E-state index is 14.2. The number of ether oxygens (including phenoxy) is 1. The number of rotatable bonds is 9. The number of nitrogens with zero attached hydrogens (tertiary/aromatic N) is 2. The largest absolute Gasteiger partial charge is 0.598 e. The number of alkyl halides is 6. The zero-order valence-electron chi connectivity index (χ0n) is 28.1. The van der Waals surface area contributed by atoms with Crippen molar-refractivity contribution < 1.29 is 54.4 Å². The molecule has 1 fully saturated rings. The number of piperidine rings is 1. The summed E-state index contributed by atoms with van der Waals surface area (Å²) < 4.78 is 116. The summed E-state index contributed by atoms with van der Waals surface area (Å²) in [6, 6.07) is 2.12. The lowest BCUT2D eigenvalue weighted by molar-refractivity contribution is -0.151. The molecule has 2 amide bonds. The topological polar surface area (TPSA) is 102 Å². The van der Waals surface area contributed by atoms with E-state index in [-0.39, 0.29) is 38.3 Å². The van der Waals surface area contributed by atoms with Crippen LogP contribution in [-0.2, 0) is 38.0 Å². The molecule has 4 atom stereocenters. The Morgan fingerprint density at radius 2 is 1.63 bits per heavy atom. The van der Waals surface area contributed by atoms with Crippen LogP contribution in [0.15, 0.2) is 36.4 Å². The molecule has 0 bridgehead atoms. The first-order valence-electron chi connectivity index (χ1n) is 15.3. The summed E-state index contributed by atoms with van der Waals surface area (Å²) in [5, 5.41) is 0. The fourth-order valence-corrected chi connectivity index (χ4v) is 6.68. The van der Waals surface area contributed by atoms with Gasteiger partial charge in [0.1, 0.15) is 10.6 Å². The number of aryl methyl sites for hydroxylation is 1. The molecule has 8 nitrogen and oxygen atoms in total. The second-order valence-corrected chi connectivity index (χ2v) is 15.2. The van der Waals surface area contributed by atoms with Crippen molar-refractivity contribution in [2.75, 3.05) is 20.7 Å². The standard InChI is InChI=1S/C33H40F7N3O5S/c1-19-14-24(34)8-9-25(19)26-18-31(41-49(47)30(3,4)5,11-10-27(44)28(45)48-7)12-13-43(26)29(46)42(6)20(2)21-15-22(32(35,36)37)17-23(16-21)33(38,39)40/h8-9,14-17,20,26,41H,10-13,18H2,1-7H3/t20-,26-,31-,49?/m1/s1. The van der Waals surface area contributed by atoms with Gasteiger partial charge >= 0.3 is 24.4 Å². The Balaban J connectivity index is 2.08. The summed E-state index contributed by atoms with van der Waals surface area (Å²) in [6.45, 7) is 7.99. The predicted molar refractivity (Wildman–Crippen MR) is 168 cm³/mol. The monoisotopic (exact) mass is 723 g/mol. The number of halogens is 7. The van der Waals surface area contributed by atoms with Gasteiger partial charge in [-0.2, -0.15) is 26.3 Å². The summed E-state index contributed by atoms with van der Waals surface area (Å²) in [5.41, 5.74) is -3.65. The van der Waals surface area contributed by atoms with Crippen LogP contribution >= 0.6 is 0 Å². The number of urea groups is 1. The first-order chi connectivity index (χ1) is 22.4. The van der Waals surface area contributed by atoms with Crippen molar-refractivity contribution in [1.29, 1.82) is 0 Å². The van der Waals surface area contributed by atoms with Crippen LogP contribution < -0.4 is 4.72 Å². The third-order valence-electron chi connectivity index (χ3n) is 8.71. The number of hydrogen-bond acceptors (Lipinski definition) is 6. The van der Waals surface area contributed by atoms with E-state index in [1.165, 1.54) is 37.1 Å². The normalized spacial score (nSPS) is 20.1. The lowest BCUT2D eigenvalue weighted by Gasteiger charge is -2.49. The van der Waals surface area contributed by atoms with Crippen LogP contribution in [-0.4, -0.2) is 63.1 Å². The summed E-state index contributed by atoms with van der Waals surface area (Å²) in [7, 11) is 2.31. The molecule has 1 heterocycles. The number of nitrogens with one attached hydrogen (secondary N) is 1. The molecule has 0 spiro atoms. The second-order valence-electron chi connectivity index (χ2n) is 13.3. The SMILES string of the molecule is COC(=O)C(=O)CC[C@@]1(N[S+]([O-])C(C)(C)C)CCN(C(=O)N(C)[C@H](C)c2cc(C(F)(F)F)cc(C(F)(F)F)c2)[C@@H](c2ccc(F)cc2C)C1. The highest BCUT2D eigenvalue weighted by Gasteiger charge is 2.48. The molecule has 0 radical (unpaired) electrons. The maximum Gasteiger partial charge on any atom is 0.416 e. The van der Waals surface area contributed by atoms with Gasteiger partial charge in [0, 0.05) is 31.4 Å². The number of likely N-dealkylation sites (tertiary alicyclic amines) is 1. The molecule has 272 valence electrons. The third kappa shape index (κ3) is 9.66. The maximum atomic E-state index is 14.2. The number of ketones is 1. The fraction of sp³-hybridized carbons (Fsp3) is 0.545. The van der Waals surface area contributed by atoms with Crippen molar-refractivity contribution in [3.63, 3.8) is 0 Å². The van der Waals surface area contributed by atoms with Crippen LogP contribution in [0.25, 0.3) is 0 Å². The van der Waals surface area contributed by atoms with Gasteiger partial charge in [-0.05, 0) is 101 Å². The first-order valence-corrected chi connectivity index (χ1v) is 16.4. The molecular formula is C33H40F7N3O5S. The summed E-state index contributed by atoms with van der Waals surface area (Å²) >= 11 is -1.70. The van der Waals surface area contributed by atoms with Crippen LogP contribution in [0, 0.1) is 12.7 Å². The van der Waals surface area contributed by atoms with Gasteiger partial charge in [-0.15, -0.1) is 4.72 Å². The van der Waals surface area contributed by atoms with Gasteiger partial charge in [-0.3, -0.25) is 4.79 Å². The average molecular weight is 724 g/mol. The lowest BCUT2D eigenvalue weighted by atomic mass is 9.77. The minimum Gasteiger partial charge on any atom is -0.598 e. The molecule has 2 aromatic carbocycles. The molecule has 1 saturated heterocycles. The molecule has 0 saturated carbocycles. The summed E-state index contributed by atoms with van der Waals surface area (Å²) in [4.78, 5) is 41.0. The van der Waals surface area contributed by atoms with Crippen molar-refractivity contribution in [1.82, 2.24) is 14.5 Å². The number of carbonyl (C=O) groups excluding carboxylic acids is 3. The van der Waals surface area contributed by atoms with Gasteiger partial charge in [0.25, 0.3) is 0 Å². The molecule has 1 aliphatic heterocycles. The Labute approximate surface area is 283 Å². The van der Waals surface area contributed by atoms with Gasteiger partial charge in [0.2, 0.25) is 5.78 Å². The van der Waals surface area contributed by atoms with E-state index in [4.69, 9.17) is 0 Å². The highest BCUT2D eigenvalue weighted by Crippen LogP contribution is 2.43.